The summed E-state index contributed by atoms with van der Waals surface area (Å²) >= 11 is 1.76. The van der Waals surface area contributed by atoms with Gasteiger partial charge in [-0.3, -0.25) is 0 Å². The van der Waals surface area contributed by atoms with Crippen molar-refractivity contribution in [2.24, 2.45) is 0 Å². The van der Waals surface area contributed by atoms with Crippen LogP contribution in [0, 0.1) is 0 Å². The lowest BCUT2D eigenvalue weighted by Gasteiger charge is -2.36. The van der Waals surface area contributed by atoms with Crippen molar-refractivity contribution >= 4 is 44.3 Å². The van der Waals surface area contributed by atoms with Gasteiger partial charge in [0.15, 0.2) is 0 Å². The minimum Gasteiger partial charge on any atom is -0.544 e. The molecule has 0 bridgehead atoms. The Morgan fingerprint density at radius 2 is 1.14 bits per heavy atom. The first-order valence-electron chi connectivity index (χ1n) is 20.5. The van der Waals surface area contributed by atoms with Crippen LogP contribution >= 0.6 is 11.8 Å². The lowest BCUT2D eigenvalue weighted by atomic mass is 9.84. The number of sulfone groups is 1. The van der Waals surface area contributed by atoms with E-state index in [0.29, 0.717) is 11.5 Å². The fourth-order valence-electron chi connectivity index (χ4n) is 6.38. The van der Waals surface area contributed by atoms with Crippen LogP contribution in [0.1, 0.15) is 100 Å². The molecule has 3 heterocycles. The average Bonchev–Trinajstić information content (AvgIpc) is 3.83. The van der Waals surface area contributed by atoms with E-state index in [9.17, 15) is 8.42 Å². The summed E-state index contributed by atoms with van der Waals surface area (Å²) < 4.78 is 57.4. The Balaban J connectivity index is 0.000000199. The number of ether oxygens (including phenoxy) is 3. The molecule has 0 unspecified atom stereocenters. The van der Waals surface area contributed by atoms with Gasteiger partial charge >= 0.3 is 0 Å². The van der Waals surface area contributed by atoms with Gasteiger partial charge in [0.1, 0.15) is 45.9 Å². The van der Waals surface area contributed by atoms with Gasteiger partial charge < -0.3 is 23.1 Å². The zero-order valence-corrected chi connectivity index (χ0v) is 41.5. The van der Waals surface area contributed by atoms with Gasteiger partial charge in [-0.05, 0) is 174 Å². The van der Waals surface area contributed by atoms with E-state index in [1.54, 1.807) is 54.2 Å². The minimum absolute atomic E-state index is 0.0664. The highest BCUT2D eigenvalue weighted by Crippen LogP contribution is 2.62. The van der Waals surface area contributed by atoms with Crippen molar-refractivity contribution in [1.29, 1.82) is 0 Å². The van der Waals surface area contributed by atoms with E-state index in [1.807, 2.05) is 20.8 Å². The standard InChI is InChI=1S/C24H32O5SSi.C24H32O2SSi/c1-22(2,3)31(7,8)29-16-9-11-17(12-10-16)30(25,26)18-13-14-20-19(15-18)21-24(6,28-21)23(4,5)27-20;1-17-15-18-16-21(13-14-22(18)25-24(17,5)6)27-20-11-9-19(10-12-20)26-28(7,8)23(2,3)4/h9-15,21H,1-8H3;9-16H,1-8H3/t21-,24-;/m0./s1. The van der Waals surface area contributed by atoms with E-state index in [4.69, 9.17) is 23.1 Å². The molecule has 3 aliphatic heterocycles. The van der Waals surface area contributed by atoms with Crippen LogP contribution in [0.25, 0.3) is 6.08 Å². The second kappa shape index (κ2) is 15.1. The number of benzene rings is 4. The smallest absolute Gasteiger partial charge is 0.250 e. The van der Waals surface area contributed by atoms with Crippen molar-refractivity contribution in [3.63, 3.8) is 0 Å². The quantitative estimate of drug-likeness (QED) is 0.128. The Labute approximate surface area is 360 Å². The van der Waals surface area contributed by atoms with Crippen molar-refractivity contribution < 1.29 is 31.5 Å². The molecule has 0 amide bonds. The molecule has 2 atom stereocenters. The predicted octanol–water partition coefficient (Wildman–Crippen LogP) is 13.7. The molecule has 59 heavy (non-hydrogen) atoms. The molecule has 318 valence electrons. The lowest BCUT2D eigenvalue weighted by Crippen LogP contribution is -2.45. The molecule has 0 N–H and O–H groups in total. The van der Waals surface area contributed by atoms with Crippen molar-refractivity contribution in [2.75, 3.05) is 0 Å². The number of fused-ring (bicyclic) bond motifs is 4. The Hall–Kier alpha value is -3.49. The van der Waals surface area contributed by atoms with Gasteiger partial charge in [-0.25, -0.2) is 8.42 Å². The van der Waals surface area contributed by atoms with Gasteiger partial charge in [0.2, 0.25) is 26.5 Å². The van der Waals surface area contributed by atoms with Gasteiger partial charge in [-0.1, -0.05) is 53.3 Å². The number of rotatable bonds is 8. The maximum absolute atomic E-state index is 13.3. The van der Waals surface area contributed by atoms with Gasteiger partial charge in [0.05, 0.1) is 9.79 Å². The highest BCUT2D eigenvalue weighted by atomic mass is 32.2. The number of epoxide rings is 1. The van der Waals surface area contributed by atoms with Crippen LogP contribution in [0.3, 0.4) is 0 Å². The van der Waals surface area contributed by atoms with Crippen LogP contribution in [0.15, 0.2) is 110 Å². The molecule has 7 rings (SSSR count). The van der Waals surface area contributed by atoms with Crippen molar-refractivity contribution in [3.05, 3.63) is 102 Å². The van der Waals surface area contributed by atoms with Crippen molar-refractivity contribution in [2.45, 2.75) is 162 Å². The van der Waals surface area contributed by atoms with Crippen LogP contribution in [-0.2, 0) is 14.6 Å². The third-order valence-corrected chi connectivity index (χ3v) is 24.6. The topological polar surface area (TPSA) is 83.6 Å². The summed E-state index contributed by atoms with van der Waals surface area (Å²) in [6.07, 6.45) is 2.08. The van der Waals surface area contributed by atoms with E-state index in [0.717, 1.165) is 22.6 Å². The summed E-state index contributed by atoms with van der Waals surface area (Å²) in [6, 6.07) is 26.7. The van der Waals surface area contributed by atoms with Crippen LogP contribution in [0.2, 0.25) is 36.3 Å². The third kappa shape index (κ3) is 9.10. The summed E-state index contributed by atoms with van der Waals surface area (Å²) in [5.41, 5.74) is 2.05. The zero-order valence-electron chi connectivity index (χ0n) is 37.9. The van der Waals surface area contributed by atoms with Gasteiger partial charge in [0, 0.05) is 20.9 Å². The predicted molar refractivity (Wildman–Crippen MR) is 246 cm³/mol. The zero-order chi connectivity index (χ0) is 43.8. The van der Waals surface area contributed by atoms with Crippen LogP contribution in [0.4, 0.5) is 0 Å². The Kier molecular flexibility index (Phi) is 11.6. The van der Waals surface area contributed by atoms with Gasteiger partial charge in [0.25, 0.3) is 0 Å². The maximum atomic E-state index is 13.3. The highest BCUT2D eigenvalue weighted by Gasteiger charge is 2.67. The number of hydrogen-bond acceptors (Lipinski definition) is 8. The van der Waals surface area contributed by atoms with Crippen molar-refractivity contribution in [3.8, 4) is 23.0 Å². The second-order valence-corrected chi connectivity index (χ2v) is 32.9. The second-order valence-electron chi connectivity index (χ2n) is 20.3. The van der Waals surface area contributed by atoms with E-state index in [2.05, 4.69) is 137 Å². The van der Waals surface area contributed by atoms with Crippen LogP contribution in [0.5, 0.6) is 23.0 Å². The summed E-state index contributed by atoms with van der Waals surface area (Å²) in [4.78, 5) is 2.90. The summed E-state index contributed by atoms with van der Waals surface area (Å²) in [5, 5.41) is 0.267. The molecule has 0 aliphatic carbocycles. The fraction of sp³-hybridized carbons (Fsp3) is 0.458. The molecule has 3 aliphatic rings. The molecule has 11 heteroatoms. The molecule has 4 aromatic carbocycles. The molecule has 0 radical (unpaired) electrons. The fourth-order valence-corrected chi connectivity index (χ4v) is 10.6. The first-order valence-corrected chi connectivity index (χ1v) is 28.6. The summed E-state index contributed by atoms with van der Waals surface area (Å²) in [5.74, 6) is 3.31. The molecule has 4 aromatic rings. The van der Waals surface area contributed by atoms with Crippen LogP contribution < -0.4 is 18.3 Å². The first-order chi connectivity index (χ1) is 27.0. The molecule has 7 nitrogen and oxygen atoms in total. The molecule has 1 saturated heterocycles. The lowest BCUT2D eigenvalue weighted by molar-refractivity contribution is 0.0241. The maximum Gasteiger partial charge on any atom is 0.250 e. The molecular weight excluding hydrogens is 809 g/mol. The van der Waals surface area contributed by atoms with E-state index in [-0.39, 0.29) is 31.6 Å². The summed E-state index contributed by atoms with van der Waals surface area (Å²) in [6.45, 7) is 34.5. The van der Waals surface area contributed by atoms with Gasteiger partial charge in [-0.2, -0.15) is 0 Å². The Morgan fingerprint density at radius 1 is 0.644 bits per heavy atom. The van der Waals surface area contributed by atoms with Crippen LogP contribution in [-0.4, -0.2) is 41.9 Å². The van der Waals surface area contributed by atoms with E-state index < -0.39 is 37.7 Å². The summed E-state index contributed by atoms with van der Waals surface area (Å²) in [7, 11) is -7.46. The normalized spacial score (nSPS) is 20.5. The molecular formula is C48H64O7S2Si2. The first kappa shape index (κ1) is 45.1. The molecule has 0 spiro atoms. The van der Waals surface area contributed by atoms with Gasteiger partial charge in [-0.15, -0.1) is 0 Å². The largest absolute Gasteiger partial charge is 0.544 e. The SMILES string of the molecule is CC1(C)Oc2ccc(S(=O)(=O)c3ccc(O[Si](C)(C)C(C)(C)C)cc3)cc2[C@@H]2O[C@@]21C.CC1=Cc2cc(Sc3ccc(O[Si](C)(C)C(C)(C)C)cc3)ccc2OC1(C)C. The Morgan fingerprint density at radius 3 is 1.68 bits per heavy atom. The molecule has 0 aromatic heterocycles. The third-order valence-electron chi connectivity index (χ3n) is 13.2. The average molecular weight is 873 g/mol. The minimum atomic E-state index is -3.67. The molecule has 0 saturated carbocycles. The molecule has 1 fully saturated rings. The Bertz CT molecular complexity index is 2350. The highest BCUT2D eigenvalue weighted by molar-refractivity contribution is 7.99. The van der Waals surface area contributed by atoms with Crippen molar-refractivity contribution in [1.82, 2.24) is 0 Å². The van der Waals surface area contributed by atoms with E-state index >= 15 is 0 Å². The number of hydrogen-bond donors (Lipinski definition) is 0. The van der Waals surface area contributed by atoms with E-state index in [1.165, 1.54) is 15.4 Å². The monoisotopic (exact) mass is 872 g/mol.